The number of thioether (sulfide) groups is 1. The summed E-state index contributed by atoms with van der Waals surface area (Å²) in [5.41, 5.74) is 1.81. The van der Waals surface area contributed by atoms with E-state index in [0.717, 1.165) is 35.0 Å². The lowest BCUT2D eigenvalue weighted by molar-refractivity contribution is -0.123. The molecule has 1 atom stereocenters. The van der Waals surface area contributed by atoms with Crippen molar-refractivity contribution >= 4 is 67.8 Å². The summed E-state index contributed by atoms with van der Waals surface area (Å²) < 4.78 is 18.9. The van der Waals surface area contributed by atoms with E-state index in [0.29, 0.717) is 45.5 Å². The molecule has 0 radical (unpaired) electrons. The van der Waals surface area contributed by atoms with Crippen LogP contribution in [0.15, 0.2) is 45.8 Å². The fourth-order valence-corrected chi connectivity index (χ4v) is 5.59. The molecule has 0 unspecified atom stereocenters. The van der Waals surface area contributed by atoms with Crippen molar-refractivity contribution in [2.24, 2.45) is 0 Å². The molecule has 2 aromatic carbocycles. The molecule has 2 heterocycles. The van der Waals surface area contributed by atoms with Crippen LogP contribution in [0.25, 0.3) is 6.08 Å². The predicted octanol–water partition coefficient (Wildman–Crippen LogP) is 6.46. The molecule has 2 aromatic rings. The molecule has 0 aromatic heterocycles. The second-order valence-electron chi connectivity index (χ2n) is 7.61. The average molecular weight is 569 g/mol. The zero-order valence-electron chi connectivity index (χ0n) is 18.0. The lowest BCUT2D eigenvalue weighted by atomic mass is 10.1. The molecular formula is C24H23BrClNO4S2. The van der Waals surface area contributed by atoms with Crippen LogP contribution in [0.1, 0.15) is 30.9 Å². The van der Waals surface area contributed by atoms with Gasteiger partial charge in [-0.3, -0.25) is 9.69 Å². The van der Waals surface area contributed by atoms with Crippen molar-refractivity contribution in [2.45, 2.75) is 32.5 Å². The van der Waals surface area contributed by atoms with Crippen LogP contribution in [0.2, 0.25) is 5.02 Å². The van der Waals surface area contributed by atoms with Gasteiger partial charge in [-0.25, -0.2) is 0 Å². The SMILES string of the molecule is CCOc1cc(/C=C2\SC(=S)N(C[C@@H]3CCCO3)C2=O)cc(Br)c1OCc1ccc(Cl)cc1. The molecule has 9 heteroatoms. The maximum Gasteiger partial charge on any atom is 0.266 e. The summed E-state index contributed by atoms with van der Waals surface area (Å²) in [6.07, 6.45) is 3.88. The largest absolute Gasteiger partial charge is 0.490 e. The Morgan fingerprint density at radius 1 is 1.30 bits per heavy atom. The van der Waals surface area contributed by atoms with Crippen molar-refractivity contribution in [1.29, 1.82) is 0 Å². The molecule has 0 spiro atoms. The summed E-state index contributed by atoms with van der Waals surface area (Å²) >= 11 is 16.3. The lowest BCUT2D eigenvalue weighted by Crippen LogP contribution is -2.35. The third kappa shape index (κ3) is 6.11. The number of thiocarbonyl (C=S) groups is 1. The number of carbonyl (C=O) groups excluding carboxylic acids is 1. The number of ether oxygens (including phenoxy) is 3. The monoisotopic (exact) mass is 567 g/mol. The topological polar surface area (TPSA) is 48.0 Å². The average Bonchev–Trinajstić information content (AvgIpc) is 3.39. The molecule has 33 heavy (non-hydrogen) atoms. The van der Waals surface area contributed by atoms with E-state index in [-0.39, 0.29) is 12.0 Å². The van der Waals surface area contributed by atoms with E-state index in [4.69, 9.17) is 38.0 Å². The summed E-state index contributed by atoms with van der Waals surface area (Å²) in [6, 6.07) is 11.3. The minimum absolute atomic E-state index is 0.0580. The Bertz CT molecular complexity index is 1070. The highest BCUT2D eigenvalue weighted by molar-refractivity contribution is 9.10. The number of nitrogens with zero attached hydrogens (tertiary/aromatic N) is 1. The fraction of sp³-hybridized carbons (Fsp3) is 0.333. The van der Waals surface area contributed by atoms with Gasteiger partial charge < -0.3 is 14.2 Å². The van der Waals surface area contributed by atoms with Crippen molar-refractivity contribution in [3.8, 4) is 11.5 Å². The summed E-state index contributed by atoms with van der Waals surface area (Å²) in [7, 11) is 0. The Morgan fingerprint density at radius 2 is 2.09 bits per heavy atom. The van der Waals surface area contributed by atoms with Crippen molar-refractivity contribution in [2.75, 3.05) is 19.8 Å². The van der Waals surface area contributed by atoms with E-state index in [1.54, 1.807) is 4.90 Å². The minimum Gasteiger partial charge on any atom is -0.490 e. The Balaban J connectivity index is 1.52. The maximum atomic E-state index is 13.0. The quantitative estimate of drug-likeness (QED) is 0.269. The standard InChI is InChI=1S/C24H23BrClNO4S2/c1-2-29-20-11-16(10-19(25)22(20)31-14-15-5-7-17(26)8-6-15)12-21-23(28)27(24(32)33-21)13-18-4-3-9-30-18/h5-8,10-12,18H,2-4,9,13-14H2,1H3/b21-12-/t18-/m0/s1. The molecule has 0 aliphatic carbocycles. The molecule has 0 bridgehead atoms. The Kier molecular flexibility index (Phi) is 8.35. The van der Waals surface area contributed by atoms with Crippen molar-refractivity contribution < 1.29 is 19.0 Å². The van der Waals surface area contributed by atoms with E-state index in [1.165, 1.54) is 11.8 Å². The van der Waals surface area contributed by atoms with Crippen LogP contribution in [0.4, 0.5) is 0 Å². The first-order valence-corrected chi connectivity index (χ1v) is 13.0. The van der Waals surface area contributed by atoms with Crippen LogP contribution < -0.4 is 9.47 Å². The minimum atomic E-state index is -0.0855. The van der Waals surface area contributed by atoms with Gasteiger partial charge >= 0.3 is 0 Å². The third-order valence-corrected chi connectivity index (χ3v) is 7.43. The number of carbonyl (C=O) groups is 1. The molecule has 2 aliphatic heterocycles. The van der Waals surface area contributed by atoms with Crippen LogP contribution in [0.5, 0.6) is 11.5 Å². The summed E-state index contributed by atoms with van der Waals surface area (Å²) in [5, 5.41) is 0.681. The van der Waals surface area contributed by atoms with Crippen LogP contribution in [-0.4, -0.2) is 41.0 Å². The van der Waals surface area contributed by atoms with Gasteiger partial charge in [0.1, 0.15) is 10.9 Å². The molecule has 174 valence electrons. The predicted molar refractivity (Wildman–Crippen MR) is 140 cm³/mol. The zero-order valence-corrected chi connectivity index (χ0v) is 22.0. The van der Waals surface area contributed by atoms with E-state index in [1.807, 2.05) is 49.4 Å². The molecule has 0 N–H and O–H groups in total. The van der Waals surface area contributed by atoms with Gasteiger partial charge in [-0.1, -0.05) is 47.7 Å². The highest BCUT2D eigenvalue weighted by Crippen LogP contribution is 2.40. The number of benzene rings is 2. The first kappa shape index (κ1) is 24.5. The van der Waals surface area contributed by atoms with E-state index in [2.05, 4.69) is 15.9 Å². The Hall–Kier alpha value is -1.58. The molecule has 2 fully saturated rings. The lowest BCUT2D eigenvalue weighted by Gasteiger charge is -2.18. The number of hydrogen-bond acceptors (Lipinski definition) is 6. The van der Waals surface area contributed by atoms with Crippen LogP contribution >= 0.6 is 51.5 Å². The molecule has 2 aliphatic rings. The first-order valence-electron chi connectivity index (χ1n) is 10.6. The summed E-state index contributed by atoms with van der Waals surface area (Å²) in [4.78, 5) is 15.2. The molecular weight excluding hydrogens is 546 g/mol. The second-order valence-corrected chi connectivity index (χ2v) is 10.6. The van der Waals surface area contributed by atoms with Gasteiger partial charge in [0.15, 0.2) is 11.5 Å². The summed E-state index contributed by atoms with van der Waals surface area (Å²) in [5.74, 6) is 1.12. The zero-order chi connectivity index (χ0) is 23.4. The van der Waals surface area contributed by atoms with Crippen LogP contribution in [0.3, 0.4) is 0 Å². The van der Waals surface area contributed by atoms with Gasteiger partial charge in [0.2, 0.25) is 0 Å². The highest BCUT2D eigenvalue weighted by atomic mass is 79.9. The third-order valence-electron chi connectivity index (χ3n) is 5.21. The maximum absolute atomic E-state index is 13.0. The van der Waals surface area contributed by atoms with Crippen molar-refractivity contribution in [3.63, 3.8) is 0 Å². The fourth-order valence-electron chi connectivity index (χ4n) is 3.61. The molecule has 1 amide bonds. The van der Waals surface area contributed by atoms with Gasteiger partial charge in [0.25, 0.3) is 5.91 Å². The van der Waals surface area contributed by atoms with Gasteiger partial charge in [0, 0.05) is 11.6 Å². The molecule has 0 saturated carbocycles. The smallest absolute Gasteiger partial charge is 0.266 e. The molecule has 4 rings (SSSR count). The number of hydrogen-bond donors (Lipinski definition) is 0. The van der Waals surface area contributed by atoms with Gasteiger partial charge in [-0.05, 0) is 77.2 Å². The molecule has 2 saturated heterocycles. The van der Waals surface area contributed by atoms with Crippen molar-refractivity contribution in [3.05, 3.63) is 61.9 Å². The van der Waals surface area contributed by atoms with Crippen LogP contribution in [0, 0.1) is 0 Å². The van der Waals surface area contributed by atoms with E-state index < -0.39 is 0 Å². The Morgan fingerprint density at radius 3 is 2.79 bits per heavy atom. The van der Waals surface area contributed by atoms with Gasteiger partial charge in [-0.15, -0.1) is 0 Å². The van der Waals surface area contributed by atoms with Gasteiger partial charge in [-0.2, -0.15) is 0 Å². The van der Waals surface area contributed by atoms with Crippen molar-refractivity contribution in [1.82, 2.24) is 4.90 Å². The summed E-state index contributed by atoms with van der Waals surface area (Å²) in [6.45, 7) is 4.02. The van der Waals surface area contributed by atoms with E-state index >= 15 is 0 Å². The molecule has 5 nitrogen and oxygen atoms in total. The van der Waals surface area contributed by atoms with Crippen LogP contribution in [-0.2, 0) is 16.1 Å². The normalized spacial score (nSPS) is 19.5. The number of halogens is 2. The second kappa shape index (κ2) is 11.2. The first-order chi connectivity index (χ1) is 15.9. The van der Waals surface area contributed by atoms with Gasteiger partial charge in [0.05, 0.1) is 28.6 Å². The van der Waals surface area contributed by atoms with E-state index in [9.17, 15) is 4.79 Å². The number of amides is 1. The number of rotatable bonds is 8. The Labute approximate surface area is 216 Å². The highest BCUT2D eigenvalue weighted by Gasteiger charge is 2.34.